The largest absolute Gasteiger partial charge is 0.493 e. The van der Waals surface area contributed by atoms with Crippen LogP contribution in [0.25, 0.3) is 0 Å². The highest BCUT2D eigenvalue weighted by Crippen LogP contribution is 2.43. The molecule has 1 saturated heterocycles. The average molecular weight is 429 g/mol. The number of methoxy groups -OCH3 is 3. The molecule has 166 valence electrons. The Kier molecular flexibility index (Phi) is 8.15. The summed E-state index contributed by atoms with van der Waals surface area (Å²) in [5.41, 5.74) is 0.919. The van der Waals surface area contributed by atoms with E-state index in [1.807, 2.05) is 42.7 Å². The summed E-state index contributed by atoms with van der Waals surface area (Å²) in [6.07, 6.45) is 8.85. The zero-order valence-electron chi connectivity index (χ0n) is 18.3. The summed E-state index contributed by atoms with van der Waals surface area (Å²) in [5, 5.41) is 0. The van der Waals surface area contributed by atoms with Crippen LogP contribution in [0.4, 0.5) is 0 Å². The third-order valence-electron chi connectivity index (χ3n) is 5.15. The number of rotatable bonds is 10. The number of pyridine rings is 1. The Hall–Kier alpha value is -3.22. The van der Waals surface area contributed by atoms with Crippen molar-refractivity contribution in [1.82, 2.24) is 0 Å². The number of allylic oxidation sites excluding steroid dienone is 1. The fourth-order valence-corrected chi connectivity index (χ4v) is 3.52. The summed E-state index contributed by atoms with van der Waals surface area (Å²) >= 11 is 0. The molecule has 1 fully saturated rings. The van der Waals surface area contributed by atoms with E-state index in [1.54, 1.807) is 21.3 Å². The van der Waals surface area contributed by atoms with E-state index in [2.05, 4.69) is 4.57 Å². The van der Waals surface area contributed by atoms with Crippen molar-refractivity contribution in [3.63, 3.8) is 0 Å². The third kappa shape index (κ3) is 6.13. The van der Waals surface area contributed by atoms with Crippen LogP contribution in [0.1, 0.15) is 43.8 Å². The van der Waals surface area contributed by atoms with Gasteiger partial charge in [-0.1, -0.05) is 6.07 Å². The monoisotopic (exact) mass is 428 g/mol. The predicted molar refractivity (Wildman–Crippen MR) is 114 cm³/mol. The van der Waals surface area contributed by atoms with Crippen molar-refractivity contribution >= 4 is 5.97 Å². The van der Waals surface area contributed by atoms with Crippen LogP contribution in [0.5, 0.6) is 17.2 Å². The summed E-state index contributed by atoms with van der Waals surface area (Å²) in [7, 11) is 4.74. The highest BCUT2D eigenvalue weighted by molar-refractivity contribution is 5.69. The predicted octanol–water partition coefficient (Wildman–Crippen LogP) is 4.11. The molecule has 7 nitrogen and oxygen atoms in total. The summed E-state index contributed by atoms with van der Waals surface area (Å²) in [6, 6.07) is 9.73. The van der Waals surface area contributed by atoms with E-state index in [1.165, 1.54) is 6.26 Å². The van der Waals surface area contributed by atoms with E-state index < -0.39 is 0 Å². The molecular weight excluding hydrogens is 398 g/mol. The first-order chi connectivity index (χ1) is 15.1. The van der Waals surface area contributed by atoms with Crippen LogP contribution in [0.3, 0.4) is 0 Å². The van der Waals surface area contributed by atoms with E-state index in [0.717, 1.165) is 31.4 Å². The molecule has 1 unspecified atom stereocenters. The average Bonchev–Trinajstić information content (AvgIpc) is 3.29. The molecule has 1 aliphatic heterocycles. The molecule has 2 aromatic rings. The minimum atomic E-state index is -0.245. The van der Waals surface area contributed by atoms with Gasteiger partial charge in [0.05, 0.1) is 21.3 Å². The van der Waals surface area contributed by atoms with Crippen molar-refractivity contribution in [3.8, 4) is 17.2 Å². The summed E-state index contributed by atoms with van der Waals surface area (Å²) in [5.74, 6) is 2.12. The molecule has 0 saturated carbocycles. The number of aryl methyl sites for hydroxylation is 1. The standard InChI is InChI=1S/C24H30NO6/c1-27-21-15-18(16-22(28-2)24(21)29-3)20-11-10-19(31-20)17-30-23(26)9-5-8-14-25-12-6-4-7-13-25/h4,6-7,12-13,15-17,20H,5,8-11,14H2,1-3H3/q+1. The van der Waals surface area contributed by atoms with Crippen molar-refractivity contribution in [3.05, 3.63) is 60.3 Å². The van der Waals surface area contributed by atoms with Crippen LogP contribution in [0, 0.1) is 0 Å². The van der Waals surface area contributed by atoms with E-state index in [-0.39, 0.29) is 12.1 Å². The maximum absolute atomic E-state index is 12.0. The zero-order valence-corrected chi connectivity index (χ0v) is 18.3. The topological polar surface area (TPSA) is 67.1 Å². The lowest BCUT2D eigenvalue weighted by atomic mass is 10.1. The normalized spacial score (nSPS) is 16.6. The minimum Gasteiger partial charge on any atom is -0.493 e. The molecule has 0 N–H and O–H groups in total. The van der Waals surface area contributed by atoms with Gasteiger partial charge in [0, 0.05) is 31.4 Å². The van der Waals surface area contributed by atoms with Gasteiger partial charge in [-0.05, 0) is 30.5 Å². The smallest absolute Gasteiger partial charge is 0.310 e. The molecule has 0 spiro atoms. The van der Waals surface area contributed by atoms with Crippen LogP contribution >= 0.6 is 0 Å². The number of esters is 1. The van der Waals surface area contributed by atoms with Crippen molar-refractivity contribution in [2.45, 2.75) is 44.8 Å². The van der Waals surface area contributed by atoms with E-state index in [4.69, 9.17) is 23.7 Å². The Morgan fingerprint density at radius 1 is 1.06 bits per heavy atom. The lowest BCUT2D eigenvalue weighted by Crippen LogP contribution is -2.32. The molecule has 1 atom stereocenters. The molecule has 0 amide bonds. The van der Waals surface area contributed by atoms with Gasteiger partial charge in [0.1, 0.15) is 24.7 Å². The van der Waals surface area contributed by atoms with Gasteiger partial charge >= 0.3 is 5.97 Å². The minimum absolute atomic E-state index is 0.165. The second kappa shape index (κ2) is 11.2. The van der Waals surface area contributed by atoms with Gasteiger partial charge in [0.25, 0.3) is 0 Å². The summed E-state index contributed by atoms with van der Waals surface area (Å²) in [6.45, 7) is 0.884. The first-order valence-electron chi connectivity index (χ1n) is 10.4. The van der Waals surface area contributed by atoms with Gasteiger partial charge in [-0.15, -0.1) is 0 Å². The molecular formula is C24H30NO6+. The summed E-state index contributed by atoms with van der Waals surface area (Å²) < 4.78 is 29.6. The third-order valence-corrected chi connectivity index (χ3v) is 5.15. The highest BCUT2D eigenvalue weighted by atomic mass is 16.6. The number of ether oxygens (including phenoxy) is 5. The van der Waals surface area contributed by atoms with Crippen molar-refractivity contribution in [2.75, 3.05) is 21.3 Å². The highest BCUT2D eigenvalue weighted by Gasteiger charge is 2.26. The molecule has 1 aromatic carbocycles. The Morgan fingerprint density at radius 3 is 2.42 bits per heavy atom. The van der Waals surface area contributed by atoms with Crippen LogP contribution in [0.2, 0.25) is 0 Å². The van der Waals surface area contributed by atoms with Gasteiger partial charge < -0.3 is 23.7 Å². The molecule has 0 bridgehead atoms. The van der Waals surface area contributed by atoms with Gasteiger partial charge in [-0.25, -0.2) is 4.57 Å². The Balaban J connectivity index is 1.48. The lowest BCUT2D eigenvalue weighted by molar-refractivity contribution is -0.697. The second-order valence-electron chi connectivity index (χ2n) is 7.25. The van der Waals surface area contributed by atoms with Crippen molar-refractivity contribution < 1.29 is 33.0 Å². The molecule has 3 rings (SSSR count). The van der Waals surface area contributed by atoms with Gasteiger partial charge in [0.15, 0.2) is 23.9 Å². The van der Waals surface area contributed by atoms with Gasteiger partial charge in [-0.2, -0.15) is 0 Å². The van der Waals surface area contributed by atoms with Crippen LogP contribution < -0.4 is 18.8 Å². The lowest BCUT2D eigenvalue weighted by Gasteiger charge is -2.17. The molecule has 0 radical (unpaired) electrons. The number of nitrogens with zero attached hydrogens (tertiary/aromatic N) is 1. The number of hydrogen-bond donors (Lipinski definition) is 0. The molecule has 0 aliphatic carbocycles. The van der Waals surface area contributed by atoms with Crippen molar-refractivity contribution in [1.29, 1.82) is 0 Å². The van der Waals surface area contributed by atoms with Gasteiger partial charge in [0.2, 0.25) is 5.75 Å². The van der Waals surface area contributed by atoms with Crippen LogP contribution in [-0.4, -0.2) is 27.3 Å². The van der Waals surface area contributed by atoms with E-state index in [0.29, 0.717) is 35.8 Å². The Morgan fingerprint density at radius 2 is 1.77 bits per heavy atom. The SMILES string of the molecule is COc1cc(C2CCC(=COC(=O)CCCC[n+]3ccccc3)O2)cc(OC)c1OC. The molecule has 2 heterocycles. The number of unbranched alkanes of at least 4 members (excludes halogenated alkanes) is 1. The first kappa shape index (κ1) is 22.5. The Bertz CT molecular complexity index is 871. The molecule has 7 heteroatoms. The fraction of sp³-hybridized carbons (Fsp3) is 0.417. The second-order valence-corrected chi connectivity index (χ2v) is 7.25. The number of carbonyl (C=O) groups is 1. The zero-order chi connectivity index (χ0) is 22.1. The maximum atomic E-state index is 12.0. The number of aromatic nitrogens is 1. The first-order valence-corrected chi connectivity index (χ1v) is 10.4. The number of hydrogen-bond acceptors (Lipinski definition) is 6. The molecule has 1 aromatic heterocycles. The summed E-state index contributed by atoms with van der Waals surface area (Å²) in [4.78, 5) is 12.0. The maximum Gasteiger partial charge on any atom is 0.310 e. The molecule has 1 aliphatic rings. The van der Waals surface area contributed by atoms with Gasteiger partial charge in [-0.3, -0.25) is 4.79 Å². The quantitative estimate of drug-likeness (QED) is 0.246. The van der Waals surface area contributed by atoms with E-state index in [9.17, 15) is 4.79 Å². The fourth-order valence-electron chi connectivity index (χ4n) is 3.52. The van der Waals surface area contributed by atoms with Crippen LogP contribution in [-0.2, 0) is 20.8 Å². The Labute approximate surface area is 183 Å². The van der Waals surface area contributed by atoms with E-state index >= 15 is 0 Å². The molecule has 31 heavy (non-hydrogen) atoms. The van der Waals surface area contributed by atoms with Crippen molar-refractivity contribution in [2.24, 2.45) is 0 Å². The number of benzene rings is 1. The van der Waals surface area contributed by atoms with Crippen LogP contribution in [0.15, 0.2) is 54.7 Å². The number of carbonyl (C=O) groups excluding carboxylic acids is 1.